The molecule has 0 saturated heterocycles. The predicted molar refractivity (Wildman–Crippen MR) is 81.2 cm³/mol. The van der Waals surface area contributed by atoms with E-state index in [0.29, 0.717) is 10.6 Å². The second-order valence-corrected chi connectivity index (χ2v) is 6.61. The topological polar surface area (TPSA) is 46.2 Å². The van der Waals surface area contributed by atoms with Gasteiger partial charge in [0.15, 0.2) is 0 Å². The molecule has 1 aromatic heterocycles. The number of hydrogen-bond donors (Lipinski definition) is 1. The SMILES string of the molecule is Cc1ccsc1C(=O)Nc1ccccc1C[S@](C)=O. The normalized spacial score (nSPS) is 12.1. The highest BCUT2D eigenvalue weighted by molar-refractivity contribution is 7.83. The lowest BCUT2D eigenvalue weighted by Gasteiger charge is -2.09. The number of carbonyl (C=O) groups excluding carboxylic acids is 1. The Morgan fingerprint density at radius 1 is 1.32 bits per heavy atom. The molecular formula is C14H15NO2S2. The van der Waals surface area contributed by atoms with E-state index in [-0.39, 0.29) is 5.91 Å². The van der Waals surface area contributed by atoms with Gasteiger partial charge in [0.05, 0.1) is 10.6 Å². The molecule has 5 heteroatoms. The maximum absolute atomic E-state index is 12.2. The molecule has 1 aromatic carbocycles. The van der Waals surface area contributed by atoms with Gasteiger partial charge in [-0.05, 0) is 35.6 Å². The van der Waals surface area contributed by atoms with Crippen molar-refractivity contribution in [1.82, 2.24) is 0 Å². The molecule has 1 amide bonds. The van der Waals surface area contributed by atoms with Crippen LogP contribution in [0, 0.1) is 6.92 Å². The summed E-state index contributed by atoms with van der Waals surface area (Å²) in [6.07, 6.45) is 1.65. The van der Waals surface area contributed by atoms with E-state index in [1.165, 1.54) is 11.3 Å². The van der Waals surface area contributed by atoms with Crippen LogP contribution in [-0.4, -0.2) is 16.4 Å². The van der Waals surface area contributed by atoms with Crippen LogP contribution < -0.4 is 5.32 Å². The minimum Gasteiger partial charge on any atom is -0.321 e. The van der Waals surface area contributed by atoms with Gasteiger partial charge in [-0.2, -0.15) is 0 Å². The predicted octanol–water partition coefficient (Wildman–Crippen LogP) is 3.19. The van der Waals surface area contributed by atoms with Crippen LogP contribution in [0.25, 0.3) is 0 Å². The lowest BCUT2D eigenvalue weighted by Crippen LogP contribution is -2.13. The molecule has 3 nitrogen and oxygen atoms in total. The molecule has 0 fully saturated rings. The number of nitrogens with one attached hydrogen (secondary N) is 1. The minimum atomic E-state index is -0.931. The highest BCUT2D eigenvalue weighted by Gasteiger charge is 2.12. The van der Waals surface area contributed by atoms with E-state index in [1.54, 1.807) is 6.26 Å². The Bertz CT molecular complexity index is 619. The number of benzene rings is 1. The number of carbonyl (C=O) groups is 1. The molecule has 0 spiro atoms. The van der Waals surface area contributed by atoms with Crippen molar-refractivity contribution in [3.8, 4) is 0 Å². The summed E-state index contributed by atoms with van der Waals surface area (Å²) in [5, 5.41) is 4.80. The van der Waals surface area contributed by atoms with Gasteiger partial charge in [0, 0.05) is 22.7 Å². The Hall–Kier alpha value is -1.46. The monoisotopic (exact) mass is 293 g/mol. The third-order valence-corrected chi connectivity index (χ3v) is 4.43. The van der Waals surface area contributed by atoms with Gasteiger partial charge in [-0.1, -0.05) is 18.2 Å². The zero-order chi connectivity index (χ0) is 13.8. The van der Waals surface area contributed by atoms with Crippen molar-refractivity contribution in [3.05, 3.63) is 51.7 Å². The first-order chi connectivity index (χ1) is 9.08. The van der Waals surface area contributed by atoms with Crippen molar-refractivity contribution in [2.24, 2.45) is 0 Å². The number of amides is 1. The van der Waals surface area contributed by atoms with Crippen LogP contribution in [0.15, 0.2) is 35.7 Å². The fourth-order valence-corrected chi connectivity index (χ4v) is 3.28. The number of anilines is 1. The first-order valence-corrected chi connectivity index (χ1v) is 8.42. The molecule has 2 rings (SSSR count). The quantitative estimate of drug-likeness (QED) is 0.941. The molecule has 100 valence electrons. The van der Waals surface area contributed by atoms with Crippen molar-refractivity contribution < 1.29 is 9.00 Å². The highest BCUT2D eigenvalue weighted by atomic mass is 32.2. The Kier molecular flexibility index (Phi) is 4.50. The summed E-state index contributed by atoms with van der Waals surface area (Å²) in [5.41, 5.74) is 2.60. The van der Waals surface area contributed by atoms with E-state index in [9.17, 15) is 9.00 Å². The number of para-hydroxylation sites is 1. The molecule has 0 aliphatic rings. The standard InChI is InChI=1S/C14H15NO2S2/c1-10-7-8-18-13(10)14(16)15-12-6-4-3-5-11(12)9-19(2)17/h3-8H,9H2,1-2H3,(H,15,16)/t19-/m0/s1. The maximum atomic E-state index is 12.2. The van der Waals surface area contributed by atoms with E-state index >= 15 is 0 Å². The Morgan fingerprint density at radius 2 is 2.05 bits per heavy atom. The van der Waals surface area contributed by atoms with Crippen molar-refractivity contribution in [1.29, 1.82) is 0 Å². The van der Waals surface area contributed by atoms with Gasteiger partial charge in [0.25, 0.3) is 5.91 Å². The van der Waals surface area contributed by atoms with E-state index in [0.717, 1.165) is 16.8 Å². The minimum absolute atomic E-state index is 0.109. The van der Waals surface area contributed by atoms with E-state index < -0.39 is 10.8 Å². The highest BCUT2D eigenvalue weighted by Crippen LogP contribution is 2.21. The van der Waals surface area contributed by atoms with Crippen LogP contribution in [0.5, 0.6) is 0 Å². The summed E-state index contributed by atoms with van der Waals surface area (Å²) in [6, 6.07) is 9.39. The molecule has 19 heavy (non-hydrogen) atoms. The van der Waals surface area contributed by atoms with Gasteiger partial charge >= 0.3 is 0 Å². The molecule has 1 heterocycles. The van der Waals surface area contributed by atoms with Crippen LogP contribution >= 0.6 is 11.3 Å². The molecule has 0 saturated carbocycles. The average molecular weight is 293 g/mol. The molecule has 0 bridgehead atoms. The molecule has 2 aromatic rings. The lowest BCUT2D eigenvalue weighted by atomic mass is 10.2. The Morgan fingerprint density at radius 3 is 2.68 bits per heavy atom. The van der Waals surface area contributed by atoms with Gasteiger partial charge in [-0.3, -0.25) is 9.00 Å². The van der Waals surface area contributed by atoms with Gasteiger partial charge in [-0.25, -0.2) is 0 Å². The first-order valence-electron chi connectivity index (χ1n) is 5.81. The second kappa shape index (κ2) is 6.12. The van der Waals surface area contributed by atoms with Gasteiger partial charge < -0.3 is 5.32 Å². The van der Waals surface area contributed by atoms with E-state index in [4.69, 9.17) is 0 Å². The molecule has 1 atom stereocenters. The summed E-state index contributed by atoms with van der Waals surface area (Å²) in [4.78, 5) is 12.9. The second-order valence-electron chi connectivity index (χ2n) is 4.26. The number of rotatable bonds is 4. The van der Waals surface area contributed by atoms with Gasteiger partial charge in [-0.15, -0.1) is 11.3 Å². The van der Waals surface area contributed by atoms with E-state index in [2.05, 4.69) is 5.32 Å². The maximum Gasteiger partial charge on any atom is 0.266 e. The van der Waals surface area contributed by atoms with Gasteiger partial charge in [0.2, 0.25) is 0 Å². The van der Waals surface area contributed by atoms with Gasteiger partial charge in [0.1, 0.15) is 0 Å². The molecule has 0 radical (unpaired) electrons. The van der Waals surface area contributed by atoms with Crippen LogP contribution in [0.2, 0.25) is 0 Å². The molecule has 0 aliphatic heterocycles. The summed E-state index contributed by atoms with van der Waals surface area (Å²) < 4.78 is 11.3. The Balaban J connectivity index is 2.22. The summed E-state index contributed by atoms with van der Waals surface area (Å²) in [5.74, 6) is 0.335. The van der Waals surface area contributed by atoms with Crippen LogP contribution in [-0.2, 0) is 16.6 Å². The summed E-state index contributed by atoms with van der Waals surface area (Å²) in [6.45, 7) is 1.92. The summed E-state index contributed by atoms with van der Waals surface area (Å²) >= 11 is 1.42. The number of thiophene rings is 1. The fourth-order valence-electron chi connectivity index (χ4n) is 1.77. The molecular weight excluding hydrogens is 278 g/mol. The van der Waals surface area contributed by atoms with Crippen molar-refractivity contribution in [2.75, 3.05) is 11.6 Å². The molecule has 1 N–H and O–H groups in total. The molecule has 0 aliphatic carbocycles. The lowest BCUT2D eigenvalue weighted by molar-refractivity contribution is 0.103. The fraction of sp³-hybridized carbons (Fsp3) is 0.214. The smallest absolute Gasteiger partial charge is 0.266 e. The van der Waals surface area contributed by atoms with Crippen LogP contribution in [0.4, 0.5) is 5.69 Å². The number of aryl methyl sites for hydroxylation is 1. The largest absolute Gasteiger partial charge is 0.321 e. The van der Waals surface area contributed by atoms with Crippen molar-refractivity contribution >= 4 is 33.7 Å². The van der Waals surface area contributed by atoms with Crippen molar-refractivity contribution in [3.63, 3.8) is 0 Å². The average Bonchev–Trinajstić information content (AvgIpc) is 2.77. The third-order valence-electron chi connectivity index (χ3n) is 2.69. The molecule has 0 unspecified atom stereocenters. The first kappa shape index (κ1) is 14.0. The zero-order valence-electron chi connectivity index (χ0n) is 10.8. The Labute approximate surface area is 119 Å². The van der Waals surface area contributed by atoms with Crippen molar-refractivity contribution in [2.45, 2.75) is 12.7 Å². The third kappa shape index (κ3) is 3.52. The summed E-state index contributed by atoms with van der Waals surface area (Å²) in [7, 11) is -0.931. The van der Waals surface area contributed by atoms with E-state index in [1.807, 2.05) is 42.6 Å². The zero-order valence-corrected chi connectivity index (χ0v) is 12.4. The number of hydrogen-bond acceptors (Lipinski definition) is 3. The van der Waals surface area contributed by atoms with Crippen LogP contribution in [0.1, 0.15) is 20.8 Å². The van der Waals surface area contributed by atoms with Crippen LogP contribution in [0.3, 0.4) is 0 Å².